The van der Waals surface area contributed by atoms with E-state index in [1.54, 1.807) is 31.5 Å². The van der Waals surface area contributed by atoms with Crippen molar-refractivity contribution in [1.29, 1.82) is 0 Å². The molecule has 0 unspecified atom stereocenters. The van der Waals surface area contributed by atoms with Crippen molar-refractivity contribution in [3.8, 4) is 0 Å². The summed E-state index contributed by atoms with van der Waals surface area (Å²) in [5, 5.41) is 9.51. The number of pyridine rings is 2. The van der Waals surface area contributed by atoms with Crippen molar-refractivity contribution in [3.05, 3.63) is 36.3 Å². The molecule has 0 aliphatic heterocycles. The van der Waals surface area contributed by atoms with E-state index in [1.807, 2.05) is 0 Å². The SMILES string of the molecule is CCOC(C)=O.O=C(O)c1ccc2cnccc2n1. The lowest BCUT2D eigenvalue weighted by Crippen LogP contribution is -1.99. The molecule has 19 heavy (non-hydrogen) atoms. The first-order valence-corrected chi connectivity index (χ1v) is 5.62. The zero-order valence-electron chi connectivity index (χ0n) is 10.7. The molecule has 0 atom stereocenters. The molecule has 0 aromatic carbocycles. The summed E-state index contributed by atoms with van der Waals surface area (Å²) >= 11 is 0. The van der Waals surface area contributed by atoms with Crippen LogP contribution in [0.3, 0.4) is 0 Å². The van der Waals surface area contributed by atoms with Gasteiger partial charge < -0.3 is 9.84 Å². The zero-order valence-corrected chi connectivity index (χ0v) is 10.7. The van der Waals surface area contributed by atoms with Crippen LogP contribution in [-0.2, 0) is 9.53 Å². The van der Waals surface area contributed by atoms with Crippen LogP contribution in [0.5, 0.6) is 0 Å². The summed E-state index contributed by atoms with van der Waals surface area (Å²) in [6, 6.07) is 4.84. The van der Waals surface area contributed by atoms with Gasteiger partial charge >= 0.3 is 11.9 Å². The molecule has 0 bridgehead atoms. The standard InChI is InChI=1S/C9H6N2O2.C4H8O2/c12-9(13)8-2-1-6-5-10-4-3-7(6)11-8;1-3-6-4(2)5/h1-5H,(H,12,13);3H2,1-2H3. The van der Waals surface area contributed by atoms with E-state index in [2.05, 4.69) is 14.7 Å². The minimum Gasteiger partial charge on any atom is -0.477 e. The first kappa shape index (κ1) is 14.6. The lowest BCUT2D eigenvalue weighted by Gasteiger charge is -1.96. The summed E-state index contributed by atoms with van der Waals surface area (Å²) in [6.07, 6.45) is 3.23. The number of hydrogen-bond donors (Lipinski definition) is 1. The Morgan fingerprint density at radius 2 is 2.05 bits per heavy atom. The molecule has 0 radical (unpaired) electrons. The number of carboxylic acid groups (broad SMARTS) is 1. The molecule has 6 nitrogen and oxygen atoms in total. The van der Waals surface area contributed by atoms with Gasteiger partial charge in [-0.25, -0.2) is 9.78 Å². The van der Waals surface area contributed by atoms with E-state index in [0.717, 1.165) is 5.39 Å². The third-order valence-corrected chi connectivity index (χ3v) is 2.06. The van der Waals surface area contributed by atoms with E-state index in [4.69, 9.17) is 5.11 Å². The van der Waals surface area contributed by atoms with E-state index < -0.39 is 5.97 Å². The molecule has 0 spiro atoms. The first-order chi connectivity index (χ1) is 9.04. The maximum atomic E-state index is 10.6. The Morgan fingerprint density at radius 1 is 1.32 bits per heavy atom. The second kappa shape index (κ2) is 7.05. The topological polar surface area (TPSA) is 89.4 Å². The minimum absolute atomic E-state index is 0.0544. The van der Waals surface area contributed by atoms with Crippen LogP contribution >= 0.6 is 0 Å². The van der Waals surface area contributed by atoms with Gasteiger partial charge in [-0.1, -0.05) is 0 Å². The molecule has 0 saturated heterocycles. The number of ether oxygens (including phenoxy) is 1. The lowest BCUT2D eigenvalue weighted by molar-refractivity contribution is -0.140. The molecule has 1 N–H and O–H groups in total. The Kier molecular flexibility index (Phi) is 5.40. The van der Waals surface area contributed by atoms with E-state index in [1.165, 1.54) is 13.0 Å². The summed E-state index contributed by atoms with van der Waals surface area (Å²) in [4.78, 5) is 28.2. The monoisotopic (exact) mass is 262 g/mol. The number of aromatic nitrogens is 2. The average molecular weight is 262 g/mol. The molecule has 6 heteroatoms. The fourth-order valence-electron chi connectivity index (χ4n) is 1.29. The molecule has 2 aromatic rings. The molecule has 0 saturated carbocycles. The van der Waals surface area contributed by atoms with Gasteiger partial charge in [0.1, 0.15) is 5.69 Å². The van der Waals surface area contributed by atoms with E-state index in [-0.39, 0.29) is 11.7 Å². The molecule has 0 aliphatic rings. The Labute approximate surface area is 110 Å². The Balaban J connectivity index is 0.000000258. The minimum atomic E-state index is -1.02. The second-order valence-electron chi connectivity index (χ2n) is 3.49. The molecule has 100 valence electrons. The number of hydrogen-bond acceptors (Lipinski definition) is 5. The number of aromatic carboxylic acids is 1. The highest BCUT2D eigenvalue weighted by Gasteiger charge is 2.04. The van der Waals surface area contributed by atoms with Crippen LogP contribution in [0.15, 0.2) is 30.6 Å². The lowest BCUT2D eigenvalue weighted by atomic mass is 10.2. The highest BCUT2D eigenvalue weighted by atomic mass is 16.5. The van der Waals surface area contributed by atoms with Crippen molar-refractivity contribution in [2.75, 3.05) is 6.61 Å². The van der Waals surface area contributed by atoms with Gasteiger partial charge in [0, 0.05) is 24.7 Å². The number of nitrogens with zero attached hydrogens (tertiary/aromatic N) is 2. The Morgan fingerprint density at radius 3 is 2.58 bits per heavy atom. The third kappa shape index (κ3) is 4.71. The van der Waals surface area contributed by atoms with Gasteiger partial charge in [-0.15, -0.1) is 0 Å². The van der Waals surface area contributed by atoms with Gasteiger partial charge in [0.05, 0.1) is 12.1 Å². The van der Waals surface area contributed by atoms with Crippen molar-refractivity contribution in [2.45, 2.75) is 13.8 Å². The maximum absolute atomic E-state index is 10.6. The molecule has 2 aromatic heterocycles. The molecule has 0 fully saturated rings. The molecular formula is C13H14N2O4. The summed E-state index contributed by atoms with van der Waals surface area (Å²) in [6.45, 7) is 3.65. The van der Waals surface area contributed by atoms with Gasteiger partial charge in [0.2, 0.25) is 0 Å². The zero-order chi connectivity index (χ0) is 14.3. The number of rotatable bonds is 2. The first-order valence-electron chi connectivity index (χ1n) is 5.62. The molecule has 2 rings (SSSR count). The van der Waals surface area contributed by atoms with Crippen molar-refractivity contribution >= 4 is 22.8 Å². The van der Waals surface area contributed by atoms with Crippen LogP contribution in [0.25, 0.3) is 10.9 Å². The van der Waals surface area contributed by atoms with E-state index >= 15 is 0 Å². The summed E-state index contributed by atoms with van der Waals surface area (Å²) in [7, 11) is 0. The number of carboxylic acids is 1. The highest BCUT2D eigenvalue weighted by molar-refractivity contribution is 5.89. The number of carbonyl (C=O) groups is 2. The van der Waals surface area contributed by atoms with Crippen molar-refractivity contribution in [1.82, 2.24) is 9.97 Å². The largest absolute Gasteiger partial charge is 0.477 e. The predicted octanol–water partition coefficient (Wildman–Crippen LogP) is 1.90. The van der Waals surface area contributed by atoms with Crippen LogP contribution in [0, 0.1) is 0 Å². The summed E-state index contributed by atoms with van der Waals surface area (Å²) in [5.41, 5.74) is 0.702. The maximum Gasteiger partial charge on any atom is 0.354 e. The van der Waals surface area contributed by atoms with Crippen LogP contribution < -0.4 is 0 Å². The number of fused-ring (bicyclic) bond motifs is 1. The third-order valence-electron chi connectivity index (χ3n) is 2.06. The fourth-order valence-corrected chi connectivity index (χ4v) is 1.29. The van der Waals surface area contributed by atoms with Crippen molar-refractivity contribution in [3.63, 3.8) is 0 Å². The van der Waals surface area contributed by atoms with Gasteiger partial charge in [0.15, 0.2) is 0 Å². The number of esters is 1. The van der Waals surface area contributed by atoms with E-state index in [9.17, 15) is 9.59 Å². The van der Waals surface area contributed by atoms with Gasteiger partial charge in [0.25, 0.3) is 0 Å². The fraction of sp³-hybridized carbons (Fsp3) is 0.231. The van der Waals surface area contributed by atoms with Crippen LogP contribution in [-0.4, -0.2) is 33.6 Å². The smallest absolute Gasteiger partial charge is 0.354 e. The van der Waals surface area contributed by atoms with Crippen LogP contribution in [0.1, 0.15) is 24.3 Å². The van der Waals surface area contributed by atoms with Crippen molar-refractivity contribution < 1.29 is 19.4 Å². The highest BCUT2D eigenvalue weighted by Crippen LogP contribution is 2.09. The quantitative estimate of drug-likeness (QED) is 0.831. The van der Waals surface area contributed by atoms with Crippen molar-refractivity contribution in [2.24, 2.45) is 0 Å². The van der Waals surface area contributed by atoms with Crippen LogP contribution in [0.2, 0.25) is 0 Å². The second-order valence-corrected chi connectivity index (χ2v) is 3.49. The van der Waals surface area contributed by atoms with Gasteiger partial charge in [-0.2, -0.15) is 0 Å². The van der Waals surface area contributed by atoms with E-state index in [0.29, 0.717) is 12.1 Å². The summed E-state index contributed by atoms with van der Waals surface area (Å²) < 4.78 is 4.40. The Hall–Kier alpha value is -2.50. The summed E-state index contributed by atoms with van der Waals surface area (Å²) in [5.74, 6) is -1.23. The predicted molar refractivity (Wildman–Crippen MR) is 68.8 cm³/mol. The number of carbonyl (C=O) groups excluding carboxylic acids is 1. The molecular weight excluding hydrogens is 248 g/mol. The average Bonchev–Trinajstić information content (AvgIpc) is 2.38. The van der Waals surface area contributed by atoms with Gasteiger partial charge in [-0.05, 0) is 25.1 Å². The Bertz CT molecular complexity index is 584. The van der Waals surface area contributed by atoms with Gasteiger partial charge in [-0.3, -0.25) is 9.78 Å². The molecule has 2 heterocycles. The molecule has 0 amide bonds. The van der Waals surface area contributed by atoms with Crippen LogP contribution in [0.4, 0.5) is 0 Å². The normalized spacial score (nSPS) is 9.37. The molecule has 0 aliphatic carbocycles.